The lowest BCUT2D eigenvalue weighted by Crippen LogP contribution is -2.37. The van der Waals surface area contributed by atoms with Crippen LogP contribution in [0, 0.1) is 0 Å². The molecule has 1 atom stereocenters. The van der Waals surface area contributed by atoms with Gasteiger partial charge in [-0.2, -0.15) is 5.10 Å². The largest absolute Gasteiger partial charge is 0.481 e. The molecule has 0 unspecified atom stereocenters. The summed E-state index contributed by atoms with van der Waals surface area (Å²) in [5.74, 6) is 4.87. The molecule has 3 aromatic carbocycles. The molecule has 0 fully saturated rings. The van der Waals surface area contributed by atoms with Crippen molar-refractivity contribution in [2.24, 2.45) is 15.9 Å². The molecule has 0 aromatic heterocycles. The fraction of sp³-hybridized carbons (Fsp3) is 0.185. The average Bonchev–Trinajstić information content (AvgIpc) is 2.86. The van der Waals surface area contributed by atoms with Crippen molar-refractivity contribution < 1.29 is 19.4 Å². The Bertz CT molecular complexity index is 1200. The Hall–Kier alpha value is -4.46. The van der Waals surface area contributed by atoms with Crippen molar-refractivity contribution in [3.05, 3.63) is 90.0 Å². The Balaban J connectivity index is 1.75. The van der Waals surface area contributed by atoms with E-state index in [2.05, 4.69) is 15.4 Å². The molecule has 3 aromatic rings. The van der Waals surface area contributed by atoms with Crippen LogP contribution in [0.3, 0.4) is 0 Å². The highest BCUT2D eigenvalue weighted by atomic mass is 16.6. The summed E-state index contributed by atoms with van der Waals surface area (Å²) in [6.07, 6.45) is -0.658. The lowest BCUT2D eigenvalue weighted by molar-refractivity contribution is -0.136. The van der Waals surface area contributed by atoms with Crippen molar-refractivity contribution in [1.82, 2.24) is 5.32 Å². The van der Waals surface area contributed by atoms with Gasteiger partial charge < -0.3 is 15.7 Å². The van der Waals surface area contributed by atoms with Crippen LogP contribution in [0.1, 0.15) is 37.5 Å². The summed E-state index contributed by atoms with van der Waals surface area (Å²) in [5, 5.41) is 15.3. The van der Waals surface area contributed by atoms with E-state index in [1.807, 2.05) is 73.7 Å². The molecule has 0 heterocycles. The third kappa shape index (κ3) is 7.26. The van der Waals surface area contributed by atoms with Crippen LogP contribution in [0.4, 0.5) is 10.5 Å². The van der Waals surface area contributed by atoms with Crippen molar-refractivity contribution in [2.75, 3.05) is 0 Å². The first kappa shape index (κ1) is 25.2. The van der Waals surface area contributed by atoms with Gasteiger partial charge in [0.05, 0.1) is 12.1 Å². The molecule has 180 valence electrons. The Morgan fingerprint density at radius 1 is 0.971 bits per heavy atom. The highest BCUT2D eigenvalue weighted by Crippen LogP contribution is 2.23. The average molecular weight is 473 g/mol. The number of aliphatic imine (C=N–C) groups is 1. The monoisotopic (exact) mass is 472 g/mol. The lowest BCUT2D eigenvalue weighted by Gasteiger charge is -2.15. The SMILES string of the molecule is CC/C(=N/N)C(=Nc1ccc(-c2ccc(CC(=O)O)cc2)cc1)NC(=O)O[C@H](C)c1ccccc1. The van der Waals surface area contributed by atoms with E-state index >= 15 is 0 Å². The van der Waals surface area contributed by atoms with Crippen molar-refractivity contribution in [1.29, 1.82) is 0 Å². The number of hydrogen-bond acceptors (Lipinski definition) is 6. The second-order valence-corrected chi connectivity index (χ2v) is 7.79. The van der Waals surface area contributed by atoms with Crippen molar-refractivity contribution in [3.8, 4) is 11.1 Å². The van der Waals surface area contributed by atoms with Gasteiger partial charge in [0.15, 0.2) is 5.84 Å². The van der Waals surface area contributed by atoms with E-state index in [4.69, 9.17) is 15.7 Å². The quantitative estimate of drug-likeness (QED) is 0.179. The maximum atomic E-state index is 12.6. The number of benzene rings is 3. The van der Waals surface area contributed by atoms with Gasteiger partial charge in [0.25, 0.3) is 0 Å². The summed E-state index contributed by atoms with van der Waals surface area (Å²) in [4.78, 5) is 27.9. The van der Waals surface area contributed by atoms with Gasteiger partial charge in [-0.1, -0.05) is 73.7 Å². The fourth-order valence-corrected chi connectivity index (χ4v) is 3.41. The fourth-order valence-electron chi connectivity index (χ4n) is 3.41. The van der Waals surface area contributed by atoms with Crippen molar-refractivity contribution in [3.63, 3.8) is 0 Å². The summed E-state index contributed by atoms with van der Waals surface area (Å²) in [6.45, 7) is 3.65. The summed E-state index contributed by atoms with van der Waals surface area (Å²) >= 11 is 0. The molecule has 35 heavy (non-hydrogen) atoms. The van der Waals surface area contributed by atoms with Crippen molar-refractivity contribution >= 4 is 29.3 Å². The number of carboxylic acids is 1. The topological polar surface area (TPSA) is 126 Å². The number of amidine groups is 1. The standard InChI is InChI=1S/C27H28N4O4/c1-3-24(31-28)26(30-27(34)35-18(2)20-7-5-4-6-8-20)29-23-15-13-22(14-16-23)21-11-9-19(10-12-21)17-25(32)33/h4-16,18H,3,17,28H2,1-2H3,(H,32,33)(H,29,30,34)/b31-24-/t18-/m1/s1. The summed E-state index contributed by atoms with van der Waals surface area (Å²) in [6, 6.07) is 24.2. The number of ether oxygens (including phenoxy) is 1. The molecule has 0 saturated heterocycles. The first-order valence-electron chi connectivity index (χ1n) is 11.2. The van der Waals surface area contributed by atoms with E-state index in [0.29, 0.717) is 17.8 Å². The van der Waals surface area contributed by atoms with Crippen LogP contribution >= 0.6 is 0 Å². The van der Waals surface area contributed by atoms with Crippen LogP contribution < -0.4 is 11.2 Å². The van der Waals surface area contributed by atoms with Crippen LogP contribution in [0.5, 0.6) is 0 Å². The highest BCUT2D eigenvalue weighted by Gasteiger charge is 2.16. The summed E-state index contributed by atoms with van der Waals surface area (Å²) < 4.78 is 5.49. The molecule has 0 saturated carbocycles. The molecular formula is C27H28N4O4. The van der Waals surface area contributed by atoms with Crippen LogP contribution in [-0.4, -0.2) is 28.7 Å². The first-order chi connectivity index (χ1) is 16.9. The number of nitrogens with zero attached hydrogens (tertiary/aromatic N) is 2. The number of alkyl carbamates (subject to hydrolysis) is 1. The first-order valence-corrected chi connectivity index (χ1v) is 11.2. The predicted molar refractivity (Wildman–Crippen MR) is 137 cm³/mol. The Kier molecular flexibility index (Phi) is 8.72. The van der Waals surface area contributed by atoms with E-state index < -0.39 is 18.2 Å². The van der Waals surface area contributed by atoms with Gasteiger partial charge in [-0.25, -0.2) is 9.79 Å². The number of rotatable bonds is 8. The lowest BCUT2D eigenvalue weighted by atomic mass is 10.0. The number of carboxylic acid groups (broad SMARTS) is 1. The summed E-state index contributed by atoms with van der Waals surface area (Å²) in [7, 11) is 0. The second kappa shape index (κ2) is 12.1. The number of amides is 1. The third-order valence-electron chi connectivity index (χ3n) is 5.29. The minimum absolute atomic E-state index is 0.0152. The molecule has 0 spiro atoms. The van der Waals surface area contributed by atoms with Gasteiger partial charge in [0.1, 0.15) is 11.8 Å². The zero-order valence-corrected chi connectivity index (χ0v) is 19.6. The van der Waals surface area contributed by atoms with Gasteiger partial charge in [0, 0.05) is 0 Å². The number of aliphatic carboxylic acids is 1. The number of hydrogen-bond donors (Lipinski definition) is 3. The van der Waals surface area contributed by atoms with Gasteiger partial charge >= 0.3 is 12.1 Å². The molecule has 4 N–H and O–H groups in total. The predicted octanol–water partition coefficient (Wildman–Crippen LogP) is 5.22. The Morgan fingerprint density at radius 3 is 2.11 bits per heavy atom. The molecule has 0 aliphatic carbocycles. The van der Waals surface area contributed by atoms with E-state index in [0.717, 1.165) is 22.3 Å². The molecule has 0 aliphatic rings. The van der Waals surface area contributed by atoms with Crippen LogP contribution in [0.25, 0.3) is 11.1 Å². The van der Waals surface area contributed by atoms with E-state index in [9.17, 15) is 9.59 Å². The van der Waals surface area contributed by atoms with E-state index in [1.165, 1.54) is 0 Å². The minimum atomic E-state index is -0.866. The molecule has 1 amide bonds. The molecule has 8 heteroatoms. The number of carbonyl (C=O) groups is 2. The second-order valence-electron chi connectivity index (χ2n) is 7.79. The molecule has 3 rings (SSSR count). The molecule has 0 radical (unpaired) electrons. The molecule has 8 nitrogen and oxygen atoms in total. The van der Waals surface area contributed by atoms with Gasteiger partial charge in [-0.05, 0) is 47.7 Å². The molecular weight excluding hydrogens is 444 g/mol. The van der Waals surface area contributed by atoms with Crippen LogP contribution in [0.2, 0.25) is 0 Å². The van der Waals surface area contributed by atoms with Gasteiger partial charge in [-0.3, -0.25) is 10.1 Å². The smallest absolute Gasteiger partial charge is 0.413 e. The Labute approximate surface area is 204 Å². The number of hydrazone groups is 1. The maximum Gasteiger partial charge on any atom is 0.413 e. The highest BCUT2D eigenvalue weighted by molar-refractivity contribution is 6.43. The number of carbonyl (C=O) groups excluding carboxylic acids is 1. The van der Waals surface area contributed by atoms with Crippen LogP contribution in [-0.2, 0) is 16.0 Å². The van der Waals surface area contributed by atoms with Crippen molar-refractivity contribution in [2.45, 2.75) is 32.8 Å². The normalized spacial score (nSPS) is 12.6. The number of nitrogens with two attached hydrogens (primary N) is 1. The Morgan fingerprint density at radius 2 is 1.57 bits per heavy atom. The molecule has 0 bridgehead atoms. The van der Waals surface area contributed by atoms with Gasteiger partial charge in [0.2, 0.25) is 0 Å². The van der Waals surface area contributed by atoms with Crippen LogP contribution in [0.15, 0.2) is 89.0 Å². The third-order valence-corrected chi connectivity index (χ3v) is 5.29. The minimum Gasteiger partial charge on any atom is -0.481 e. The van der Waals surface area contributed by atoms with E-state index in [1.54, 1.807) is 19.1 Å². The zero-order chi connectivity index (χ0) is 25.2. The summed E-state index contributed by atoms with van der Waals surface area (Å²) in [5.41, 5.74) is 4.52. The van der Waals surface area contributed by atoms with Gasteiger partial charge in [-0.15, -0.1) is 0 Å². The zero-order valence-electron chi connectivity index (χ0n) is 19.6. The van der Waals surface area contributed by atoms with E-state index in [-0.39, 0.29) is 12.3 Å². The maximum absolute atomic E-state index is 12.6. The number of nitrogens with one attached hydrogen (secondary N) is 1. The molecule has 0 aliphatic heterocycles.